The van der Waals surface area contributed by atoms with Crippen LogP contribution in [0.1, 0.15) is 303 Å². The molecule has 0 aromatic rings. The van der Waals surface area contributed by atoms with E-state index >= 15 is 0 Å². The van der Waals surface area contributed by atoms with Gasteiger partial charge in [-0.25, -0.2) is 0 Å². The van der Waals surface area contributed by atoms with Crippen molar-refractivity contribution >= 4 is 17.9 Å². The normalized spacial score (nSPS) is 11.8. The molecule has 1 atom stereocenters. The molecule has 0 radical (unpaired) electrons. The number of esters is 3. The van der Waals surface area contributed by atoms with Crippen LogP contribution < -0.4 is 0 Å². The molecular weight excluding hydrogens is 733 g/mol. The smallest absolute Gasteiger partial charge is 0.306 e. The van der Waals surface area contributed by atoms with E-state index < -0.39 is 6.10 Å². The monoisotopic (exact) mass is 835 g/mol. The lowest BCUT2D eigenvalue weighted by atomic mass is 10.0. The fourth-order valence-electron chi connectivity index (χ4n) is 8.09. The van der Waals surface area contributed by atoms with E-state index in [1.165, 1.54) is 205 Å². The Kier molecular flexibility index (Phi) is 47.7. The molecule has 0 fully saturated rings. The first-order valence-electron chi connectivity index (χ1n) is 26.5. The van der Waals surface area contributed by atoms with Crippen LogP contribution in [0.3, 0.4) is 0 Å². The molecule has 59 heavy (non-hydrogen) atoms. The van der Waals surface area contributed by atoms with Gasteiger partial charge in [0.05, 0.1) is 0 Å². The summed E-state index contributed by atoms with van der Waals surface area (Å²) in [5.74, 6) is -0.863. The number of carbonyl (C=O) groups excluding carboxylic acids is 3. The molecule has 1 unspecified atom stereocenters. The van der Waals surface area contributed by atoms with E-state index in [1.807, 2.05) is 0 Å². The maximum Gasteiger partial charge on any atom is 0.306 e. The lowest BCUT2D eigenvalue weighted by Gasteiger charge is -2.18. The summed E-state index contributed by atoms with van der Waals surface area (Å²) in [4.78, 5) is 37.5. The zero-order chi connectivity index (χ0) is 43.0. The number of rotatable bonds is 49. The van der Waals surface area contributed by atoms with E-state index in [0.717, 1.165) is 57.8 Å². The summed E-state index contributed by atoms with van der Waals surface area (Å²) in [6.45, 7) is 6.59. The van der Waals surface area contributed by atoms with Crippen molar-refractivity contribution in [2.45, 2.75) is 309 Å². The van der Waals surface area contributed by atoms with E-state index in [0.29, 0.717) is 19.3 Å². The Bertz CT molecular complexity index is 874. The SMILES string of the molecule is CCCCCCCCCCCCCCCCCCCCCCCCCCCCCC(=O)OCC(COC(=O)CCCCCCCC)OC(=O)CCCCCCCCCC. The first-order chi connectivity index (χ1) is 29.0. The summed E-state index contributed by atoms with van der Waals surface area (Å²) in [6, 6.07) is 0. The maximum atomic E-state index is 12.6. The Balaban J connectivity index is 3.87. The molecule has 0 saturated heterocycles. The minimum Gasteiger partial charge on any atom is -0.462 e. The highest BCUT2D eigenvalue weighted by Gasteiger charge is 2.19. The number of unbranched alkanes of at least 4 members (excludes halogenated alkanes) is 38. The minimum absolute atomic E-state index is 0.0637. The summed E-state index contributed by atoms with van der Waals surface area (Å²) < 4.78 is 16.6. The van der Waals surface area contributed by atoms with Crippen molar-refractivity contribution in [3.05, 3.63) is 0 Å². The molecule has 6 nitrogen and oxygen atoms in total. The second-order valence-electron chi connectivity index (χ2n) is 18.2. The largest absolute Gasteiger partial charge is 0.462 e. The summed E-state index contributed by atoms with van der Waals surface area (Å²) in [5, 5.41) is 0. The minimum atomic E-state index is -0.757. The van der Waals surface area contributed by atoms with Gasteiger partial charge in [-0.05, 0) is 19.3 Å². The summed E-state index contributed by atoms with van der Waals surface area (Å²) in [7, 11) is 0. The summed E-state index contributed by atoms with van der Waals surface area (Å²) >= 11 is 0. The number of hydrogen-bond acceptors (Lipinski definition) is 6. The first kappa shape index (κ1) is 57.4. The molecule has 0 heterocycles. The molecule has 0 aromatic carbocycles. The zero-order valence-electron chi connectivity index (χ0n) is 40.1. The van der Waals surface area contributed by atoms with E-state index in [1.54, 1.807) is 0 Å². The highest BCUT2D eigenvalue weighted by Crippen LogP contribution is 2.17. The third kappa shape index (κ3) is 47.3. The Hall–Kier alpha value is -1.59. The molecule has 0 aliphatic heterocycles. The fraction of sp³-hybridized carbons (Fsp3) is 0.943. The molecule has 0 N–H and O–H groups in total. The lowest BCUT2D eigenvalue weighted by Crippen LogP contribution is -2.30. The van der Waals surface area contributed by atoms with Gasteiger partial charge in [-0.1, -0.05) is 265 Å². The van der Waals surface area contributed by atoms with Crippen LogP contribution in [-0.4, -0.2) is 37.2 Å². The van der Waals surface area contributed by atoms with Gasteiger partial charge >= 0.3 is 17.9 Å². The lowest BCUT2D eigenvalue weighted by molar-refractivity contribution is -0.167. The van der Waals surface area contributed by atoms with Gasteiger partial charge in [0.1, 0.15) is 13.2 Å². The van der Waals surface area contributed by atoms with E-state index in [2.05, 4.69) is 20.8 Å². The fourth-order valence-corrected chi connectivity index (χ4v) is 8.09. The van der Waals surface area contributed by atoms with Crippen molar-refractivity contribution in [3.63, 3.8) is 0 Å². The average molecular weight is 835 g/mol. The predicted molar refractivity (Wildman–Crippen MR) is 252 cm³/mol. The second-order valence-corrected chi connectivity index (χ2v) is 18.2. The number of hydrogen-bond donors (Lipinski definition) is 0. The van der Waals surface area contributed by atoms with Crippen molar-refractivity contribution in [1.82, 2.24) is 0 Å². The van der Waals surface area contributed by atoms with Gasteiger partial charge in [0.2, 0.25) is 0 Å². The van der Waals surface area contributed by atoms with Crippen LogP contribution in [0.15, 0.2) is 0 Å². The molecule has 0 aliphatic carbocycles. The average Bonchev–Trinajstić information content (AvgIpc) is 3.23. The third-order valence-electron chi connectivity index (χ3n) is 12.1. The van der Waals surface area contributed by atoms with Crippen LogP contribution >= 0.6 is 0 Å². The quantitative estimate of drug-likeness (QED) is 0.0345. The van der Waals surface area contributed by atoms with Gasteiger partial charge in [-0.3, -0.25) is 14.4 Å². The third-order valence-corrected chi connectivity index (χ3v) is 12.1. The van der Waals surface area contributed by atoms with Crippen molar-refractivity contribution < 1.29 is 28.6 Å². The van der Waals surface area contributed by atoms with Gasteiger partial charge < -0.3 is 14.2 Å². The topological polar surface area (TPSA) is 78.9 Å². The second kappa shape index (κ2) is 49.1. The van der Waals surface area contributed by atoms with Crippen LogP contribution in [0.2, 0.25) is 0 Å². The van der Waals surface area contributed by atoms with Gasteiger partial charge in [-0.2, -0.15) is 0 Å². The van der Waals surface area contributed by atoms with Gasteiger partial charge in [0, 0.05) is 19.3 Å². The van der Waals surface area contributed by atoms with Crippen LogP contribution in [0, 0.1) is 0 Å². The molecule has 0 rings (SSSR count). The van der Waals surface area contributed by atoms with Crippen molar-refractivity contribution in [2.24, 2.45) is 0 Å². The Morgan fingerprint density at radius 2 is 0.458 bits per heavy atom. The van der Waals surface area contributed by atoms with Crippen LogP contribution in [-0.2, 0) is 28.6 Å². The predicted octanol–water partition coefficient (Wildman–Crippen LogP) is 17.2. The molecular formula is C53H102O6. The van der Waals surface area contributed by atoms with E-state index in [-0.39, 0.29) is 31.1 Å². The molecule has 0 aromatic heterocycles. The summed E-state index contributed by atoms with van der Waals surface area (Å²) in [5.41, 5.74) is 0. The molecule has 0 amide bonds. The van der Waals surface area contributed by atoms with Crippen molar-refractivity contribution in [1.29, 1.82) is 0 Å². The molecule has 0 aliphatic rings. The van der Waals surface area contributed by atoms with Crippen LogP contribution in [0.25, 0.3) is 0 Å². The molecule has 350 valence electrons. The Morgan fingerprint density at radius 1 is 0.271 bits per heavy atom. The zero-order valence-corrected chi connectivity index (χ0v) is 40.1. The molecule has 0 bridgehead atoms. The van der Waals surface area contributed by atoms with E-state index in [4.69, 9.17) is 14.2 Å². The summed E-state index contributed by atoms with van der Waals surface area (Å²) in [6.07, 6.45) is 53.0. The standard InChI is InChI=1S/C53H102O6/c1-4-7-10-13-16-18-19-20-21-22-23-24-25-26-27-28-29-30-31-32-33-34-35-36-38-40-43-46-52(55)58-49-50(48-57-51(54)45-42-39-15-12-9-6-3)59-53(56)47-44-41-37-17-14-11-8-5-2/h50H,4-49H2,1-3H3. The van der Waals surface area contributed by atoms with E-state index in [9.17, 15) is 14.4 Å². The van der Waals surface area contributed by atoms with Gasteiger partial charge in [0.15, 0.2) is 6.10 Å². The highest BCUT2D eigenvalue weighted by atomic mass is 16.6. The Morgan fingerprint density at radius 3 is 0.678 bits per heavy atom. The van der Waals surface area contributed by atoms with Crippen molar-refractivity contribution in [2.75, 3.05) is 13.2 Å². The van der Waals surface area contributed by atoms with Crippen molar-refractivity contribution in [3.8, 4) is 0 Å². The van der Waals surface area contributed by atoms with Crippen LogP contribution in [0.4, 0.5) is 0 Å². The number of carbonyl (C=O) groups is 3. The number of ether oxygens (including phenoxy) is 3. The molecule has 0 spiro atoms. The van der Waals surface area contributed by atoms with Gasteiger partial charge in [-0.15, -0.1) is 0 Å². The first-order valence-corrected chi connectivity index (χ1v) is 26.5. The maximum absolute atomic E-state index is 12.6. The molecule has 6 heteroatoms. The van der Waals surface area contributed by atoms with Gasteiger partial charge in [0.25, 0.3) is 0 Å². The highest BCUT2D eigenvalue weighted by molar-refractivity contribution is 5.71. The Labute approximate surface area is 368 Å². The van der Waals surface area contributed by atoms with Crippen LogP contribution in [0.5, 0.6) is 0 Å². The molecule has 0 saturated carbocycles.